The number of aromatic nitrogens is 2. The largest absolute Gasteiger partial charge is 0.375 e. The molecule has 2 atom stereocenters. The molecule has 1 aliphatic rings. The summed E-state index contributed by atoms with van der Waals surface area (Å²) in [6.45, 7) is 6.69. The second-order valence-electron chi connectivity index (χ2n) is 5.86. The number of nitrogens with zero attached hydrogens (tertiary/aromatic N) is 3. The molecule has 0 N–H and O–H groups in total. The molecule has 2 aromatic heterocycles. The van der Waals surface area contributed by atoms with Crippen LogP contribution in [0.25, 0.3) is 5.65 Å². The highest BCUT2D eigenvalue weighted by Crippen LogP contribution is 2.14. The van der Waals surface area contributed by atoms with Crippen LogP contribution < -0.4 is 5.56 Å². The summed E-state index contributed by atoms with van der Waals surface area (Å²) in [6.07, 6.45) is 3.05. The maximum Gasteiger partial charge on any atom is 0.270 e. The van der Waals surface area contributed by atoms with Gasteiger partial charge in [0, 0.05) is 18.9 Å². The lowest BCUT2D eigenvalue weighted by molar-refractivity contribution is -0.0387. The monoisotopic (exact) mass is 301 g/mol. The number of rotatable bonds is 1. The molecule has 1 saturated heterocycles. The summed E-state index contributed by atoms with van der Waals surface area (Å²) in [5, 5.41) is 0. The summed E-state index contributed by atoms with van der Waals surface area (Å²) in [7, 11) is 0. The fourth-order valence-electron chi connectivity index (χ4n) is 2.67. The van der Waals surface area contributed by atoms with E-state index in [0.717, 1.165) is 5.56 Å². The number of hydrogen-bond acceptors (Lipinski definition) is 4. The summed E-state index contributed by atoms with van der Waals surface area (Å²) < 4.78 is 6.96. The van der Waals surface area contributed by atoms with Gasteiger partial charge in [0.2, 0.25) is 0 Å². The highest BCUT2D eigenvalue weighted by Gasteiger charge is 2.30. The Balaban J connectivity index is 2.04. The molecule has 6 nitrogen and oxygen atoms in total. The van der Waals surface area contributed by atoms with E-state index in [1.165, 1.54) is 10.6 Å². The molecular formula is C16H19N3O3. The molecule has 3 rings (SSSR count). The number of pyridine rings is 1. The highest BCUT2D eigenvalue weighted by molar-refractivity contribution is 5.94. The number of ether oxygens (including phenoxy) is 1. The SMILES string of the molecule is Cc1ccc2ncc(C(=O)N3CC(C)OCC3C)c(=O)n2c1. The zero-order valence-corrected chi connectivity index (χ0v) is 12.9. The first-order valence-corrected chi connectivity index (χ1v) is 7.38. The van der Waals surface area contributed by atoms with Crippen LogP contribution >= 0.6 is 0 Å². The molecule has 1 amide bonds. The van der Waals surface area contributed by atoms with Crippen molar-refractivity contribution in [1.82, 2.24) is 14.3 Å². The smallest absolute Gasteiger partial charge is 0.270 e. The van der Waals surface area contributed by atoms with Crippen molar-refractivity contribution >= 4 is 11.6 Å². The topological polar surface area (TPSA) is 63.9 Å². The zero-order chi connectivity index (χ0) is 15.9. The maximum absolute atomic E-state index is 12.7. The quantitative estimate of drug-likeness (QED) is 0.795. The van der Waals surface area contributed by atoms with Gasteiger partial charge in [-0.15, -0.1) is 0 Å². The van der Waals surface area contributed by atoms with Gasteiger partial charge in [-0.1, -0.05) is 6.07 Å². The summed E-state index contributed by atoms with van der Waals surface area (Å²) in [5.74, 6) is -0.281. The second-order valence-corrected chi connectivity index (χ2v) is 5.86. The van der Waals surface area contributed by atoms with Crippen LogP contribution in [0.15, 0.2) is 29.3 Å². The van der Waals surface area contributed by atoms with Crippen molar-refractivity contribution in [3.05, 3.63) is 46.0 Å². The van der Waals surface area contributed by atoms with Crippen LogP contribution in [-0.2, 0) is 4.74 Å². The van der Waals surface area contributed by atoms with Crippen LogP contribution in [0.1, 0.15) is 29.8 Å². The van der Waals surface area contributed by atoms with Gasteiger partial charge >= 0.3 is 0 Å². The molecule has 22 heavy (non-hydrogen) atoms. The molecule has 0 bridgehead atoms. The van der Waals surface area contributed by atoms with Gasteiger partial charge in [0.1, 0.15) is 11.2 Å². The van der Waals surface area contributed by atoms with Gasteiger partial charge in [0.05, 0.1) is 18.8 Å². The first kappa shape index (κ1) is 14.7. The Labute approximate surface area is 128 Å². The molecule has 2 unspecified atom stereocenters. The van der Waals surface area contributed by atoms with Crippen LogP contribution in [0.3, 0.4) is 0 Å². The van der Waals surface area contributed by atoms with Crippen molar-refractivity contribution in [1.29, 1.82) is 0 Å². The van der Waals surface area contributed by atoms with E-state index in [4.69, 9.17) is 4.74 Å². The first-order chi connectivity index (χ1) is 10.5. The second kappa shape index (κ2) is 5.53. The third-order valence-electron chi connectivity index (χ3n) is 3.95. The molecule has 0 radical (unpaired) electrons. The van der Waals surface area contributed by atoms with Crippen LogP contribution in [0.4, 0.5) is 0 Å². The van der Waals surface area contributed by atoms with Gasteiger partial charge in [0.25, 0.3) is 11.5 Å². The number of carbonyl (C=O) groups is 1. The Morgan fingerprint density at radius 3 is 2.91 bits per heavy atom. The molecule has 0 aromatic carbocycles. The minimum Gasteiger partial charge on any atom is -0.375 e. The fourth-order valence-corrected chi connectivity index (χ4v) is 2.67. The van der Waals surface area contributed by atoms with Crippen LogP contribution in [0.2, 0.25) is 0 Å². The summed E-state index contributed by atoms with van der Waals surface area (Å²) >= 11 is 0. The molecule has 2 aromatic rings. The predicted molar refractivity (Wildman–Crippen MR) is 82.1 cm³/mol. The molecule has 3 heterocycles. The van der Waals surface area contributed by atoms with Gasteiger partial charge in [-0.3, -0.25) is 14.0 Å². The average Bonchev–Trinajstić information content (AvgIpc) is 2.50. The normalized spacial score (nSPS) is 22.0. The lowest BCUT2D eigenvalue weighted by atomic mass is 10.1. The minimum absolute atomic E-state index is 0.0291. The third-order valence-corrected chi connectivity index (χ3v) is 3.95. The van der Waals surface area contributed by atoms with E-state index < -0.39 is 0 Å². The summed E-state index contributed by atoms with van der Waals surface area (Å²) in [5.41, 5.74) is 1.25. The van der Waals surface area contributed by atoms with E-state index in [2.05, 4.69) is 4.98 Å². The lowest BCUT2D eigenvalue weighted by Crippen LogP contribution is -2.51. The van der Waals surface area contributed by atoms with E-state index >= 15 is 0 Å². The Morgan fingerprint density at radius 2 is 2.14 bits per heavy atom. The number of hydrogen-bond donors (Lipinski definition) is 0. The van der Waals surface area contributed by atoms with E-state index in [-0.39, 0.29) is 29.2 Å². The molecule has 0 aliphatic carbocycles. The molecule has 0 spiro atoms. The fraction of sp³-hybridized carbons (Fsp3) is 0.438. The molecule has 116 valence electrons. The predicted octanol–water partition coefficient (Wildman–Crippen LogP) is 1.25. The van der Waals surface area contributed by atoms with Crippen molar-refractivity contribution in [3.63, 3.8) is 0 Å². The van der Waals surface area contributed by atoms with Crippen molar-refractivity contribution in [2.24, 2.45) is 0 Å². The van der Waals surface area contributed by atoms with Crippen LogP contribution in [-0.4, -0.2) is 45.5 Å². The van der Waals surface area contributed by atoms with E-state index in [1.54, 1.807) is 17.2 Å². The molecule has 1 fully saturated rings. The first-order valence-electron chi connectivity index (χ1n) is 7.38. The Bertz CT molecular complexity index is 784. The van der Waals surface area contributed by atoms with Crippen LogP contribution in [0.5, 0.6) is 0 Å². The van der Waals surface area contributed by atoms with Gasteiger partial charge in [-0.25, -0.2) is 4.98 Å². The number of fused-ring (bicyclic) bond motifs is 1. The summed E-state index contributed by atoms with van der Waals surface area (Å²) in [6, 6.07) is 3.60. The van der Waals surface area contributed by atoms with Gasteiger partial charge < -0.3 is 9.64 Å². The van der Waals surface area contributed by atoms with E-state index in [9.17, 15) is 9.59 Å². The molecule has 6 heteroatoms. The number of amides is 1. The molecule has 0 saturated carbocycles. The lowest BCUT2D eigenvalue weighted by Gasteiger charge is -2.36. The standard InChI is InChI=1S/C16H19N3O3/c1-10-4-5-14-17-6-13(16(21)19(14)7-10)15(20)18-8-12(3)22-9-11(18)2/h4-7,11-12H,8-9H2,1-3H3. The van der Waals surface area contributed by atoms with E-state index in [1.807, 2.05) is 26.8 Å². The maximum atomic E-state index is 12.7. The van der Waals surface area contributed by atoms with Crippen molar-refractivity contribution < 1.29 is 9.53 Å². The van der Waals surface area contributed by atoms with Gasteiger partial charge in [-0.05, 0) is 32.4 Å². The van der Waals surface area contributed by atoms with Crippen molar-refractivity contribution in [2.75, 3.05) is 13.2 Å². The molecule has 1 aliphatic heterocycles. The Hall–Kier alpha value is -2.21. The molecular weight excluding hydrogens is 282 g/mol. The summed E-state index contributed by atoms with van der Waals surface area (Å²) in [4.78, 5) is 31.2. The number of carbonyl (C=O) groups excluding carboxylic acids is 1. The van der Waals surface area contributed by atoms with Gasteiger partial charge in [-0.2, -0.15) is 0 Å². The van der Waals surface area contributed by atoms with E-state index in [0.29, 0.717) is 18.8 Å². The minimum atomic E-state index is -0.329. The number of aryl methyl sites for hydroxylation is 1. The number of morpholine rings is 1. The third kappa shape index (κ3) is 2.50. The Kier molecular flexibility index (Phi) is 3.70. The Morgan fingerprint density at radius 1 is 1.36 bits per heavy atom. The van der Waals surface area contributed by atoms with Gasteiger partial charge in [0.15, 0.2) is 0 Å². The van der Waals surface area contributed by atoms with Crippen molar-refractivity contribution in [2.45, 2.75) is 32.9 Å². The average molecular weight is 301 g/mol. The highest BCUT2D eigenvalue weighted by atomic mass is 16.5. The van der Waals surface area contributed by atoms with Crippen molar-refractivity contribution in [3.8, 4) is 0 Å². The zero-order valence-electron chi connectivity index (χ0n) is 12.9. The van der Waals surface area contributed by atoms with Crippen LogP contribution in [0, 0.1) is 6.92 Å².